The van der Waals surface area contributed by atoms with Gasteiger partial charge >= 0.3 is 0 Å². The minimum absolute atomic E-state index is 0.463. The van der Waals surface area contributed by atoms with Gasteiger partial charge in [0.25, 0.3) is 0 Å². The molecule has 1 rings (SSSR count). The topological polar surface area (TPSA) is 17.1 Å². The molecule has 1 aliphatic heterocycles. The highest BCUT2D eigenvalue weighted by atomic mass is 31.1. The van der Waals surface area contributed by atoms with Gasteiger partial charge in [0.1, 0.15) is 0 Å². The number of carbonyl (C=O) groups excluding carboxylic acids is 1. The Morgan fingerprint density at radius 1 is 1.80 bits per heavy atom. The Kier molecular flexibility index (Phi) is 0.698. The van der Waals surface area contributed by atoms with Crippen LogP contribution in [0.15, 0.2) is 0 Å². The molecule has 0 radical (unpaired) electrons. The van der Waals surface area contributed by atoms with Gasteiger partial charge in [-0.15, -0.1) is 0 Å². The van der Waals surface area contributed by atoms with Crippen molar-refractivity contribution < 1.29 is 4.79 Å². The zero-order chi connectivity index (χ0) is 3.70. The van der Waals surface area contributed by atoms with Crippen LogP contribution in [0.1, 0.15) is 6.42 Å². The van der Waals surface area contributed by atoms with Crippen molar-refractivity contribution in [1.82, 2.24) is 0 Å². The molecule has 0 aliphatic carbocycles. The average Bonchev–Trinajstić information content (AvgIpc) is 1.30. The predicted molar refractivity (Wildman–Crippen MR) is 22.8 cm³/mol. The second-order valence-corrected chi connectivity index (χ2v) is 2.51. The van der Waals surface area contributed by atoms with E-state index >= 15 is 0 Å². The van der Waals surface area contributed by atoms with E-state index in [1.807, 2.05) is 0 Å². The second-order valence-electron chi connectivity index (χ2n) is 1.10. The van der Waals surface area contributed by atoms with Gasteiger partial charge in [-0.2, -0.15) is 0 Å². The van der Waals surface area contributed by atoms with Crippen LogP contribution in [-0.2, 0) is 4.79 Å². The van der Waals surface area contributed by atoms with Gasteiger partial charge in [0.2, 0.25) is 0 Å². The Labute approximate surface area is 32.5 Å². The van der Waals surface area contributed by atoms with Crippen LogP contribution >= 0.6 is 8.58 Å². The van der Waals surface area contributed by atoms with E-state index in [1.54, 1.807) is 0 Å². The van der Waals surface area contributed by atoms with Gasteiger partial charge in [-0.3, -0.25) is 4.79 Å². The maximum atomic E-state index is 9.91. The molecule has 0 bridgehead atoms. The van der Waals surface area contributed by atoms with Gasteiger partial charge < -0.3 is 0 Å². The van der Waals surface area contributed by atoms with Crippen molar-refractivity contribution in [3.63, 3.8) is 0 Å². The molecule has 0 N–H and O–H groups in total. The fourth-order valence-electron chi connectivity index (χ4n) is 0.227. The molecule has 0 spiro atoms. The fourth-order valence-corrected chi connectivity index (χ4v) is 0.681. The van der Waals surface area contributed by atoms with Crippen molar-refractivity contribution in [3.8, 4) is 0 Å². The lowest BCUT2D eigenvalue weighted by molar-refractivity contribution is -0.112. The monoisotopic (exact) mass is 88.0 g/mol. The van der Waals surface area contributed by atoms with Crippen molar-refractivity contribution in [3.05, 3.63) is 0 Å². The normalized spacial score (nSPS) is 26.8. The quantitative estimate of drug-likeness (QED) is 0.396. The summed E-state index contributed by atoms with van der Waals surface area (Å²) in [4.78, 5) is 9.91. The third-order valence-corrected chi connectivity index (χ3v) is 1.82. The predicted octanol–water partition coefficient (Wildman–Crippen LogP) is 0.595. The van der Waals surface area contributed by atoms with Gasteiger partial charge in [-0.1, -0.05) is 8.58 Å². The minimum Gasteiger partial charge on any atom is -0.295 e. The van der Waals surface area contributed by atoms with Crippen LogP contribution < -0.4 is 0 Å². The molecule has 1 heterocycles. The number of carbonyl (C=O) groups is 1. The van der Waals surface area contributed by atoms with Crippen molar-refractivity contribution in [2.24, 2.45) is 0 Å². The molecular weight excluding hydrogens is 83.0 g/mol. The maximum absolute atomic E-state index is 9.91. The van der Waals surface area contributed by atoms with E-state index in [-0.39, 0.29) is 0 Å². The Morgan fingerprint density at radius 3 is 2.20 bits per heavy atom. The van der Waals surface area contributed by atoms with Crippen LogP contribution in [0.5, 0.6) is 0 Å². The summed E-state index contributed by atoms with van der Waals surface area (Å²) < 4.78 is 0. The first-order valence-electron chi connectivity index (χ1n) is 1.66. The molecule has 0 aromatic carbocycles. The number of hydrogen-bond donors (Lipinski definition) is 0. The smallest absolute Gasteiger partial charge is 0.151 e. The summed E-state index contributed by atoms with van der Waals surface area (Å²) >= 11 is 0. The molecule has 0 saturated carbocycles. The van der Waals surface area contributed by atoms with Crippen LogP contribution in [0.3, 0.4) is 0 Å². The van der Waals surface area contributed by atoms with Crippen LogP contribution in [-0.4, -0.2) is 11.7 Å². The molecule has 5 heavy (non-hydrogen) atoms. The van der Waals surface area contributed by atoms with Gasteiger partial charge in [0.15, 0.2) is 5.52 Å². The van der Waals surface area contributed by atoms with E-state index < -0.39 is 0 Å². The van der Waals surface area contributed by atoms with Crippen LogP contribution in [0.25, 0.3) is 0 Å². The van der Waals surface area contributed by atoms with Crippen LogP contribution in [0, 0.1) is 0 Å². The van der Waals surface area contributed by atoms with Crippen LogP contribution in [0.4, 0.5) is 0 Å². The zero-order valence-corrected chi connectivity index (χ0v) is 3.82. The summed E-state index contributed by atoms with van der Waals surface area (Å²) in [5.74, 6) is 0. The first-order valence-corrected chi connectivity index (χ1v) is 2.87. The maximum Gasteiger partial charge on any atom is 0.151 e. The Hall–Kier alpha value is 0.100. The molecule has 0 amide bonds. The first-order chi connectivity index (χ1) is 2.39. The Morgan fingerprint density at radius 2 is 2.20 bits per heavy atom. The van der Waals surface area contributed by atoms with Crippen LogP contribution in [0.2, 0.25) is 0 Å². The molecule has 0 aromatic heterocycles. The highest BCUT2D eigenvalue weighted by molar-refractivity contribution is 7.60. The number of rotatable bonds is 0. The Bertz CT molecular complexity index is 53.9. The Balaban J connectivity index is 2.32. The summed E-state index contributed by atoms with van der Waals surface area (Å²) in [6.07, 6.45) is 2.03. The van der Waals surface area contributed by atoms with E-state index in [1.165, 1.54) is 6.16 Å². The van der Waals surface area contributed by atoms with Gasteiger partial charge in [0.05, 0.1) is 0 Å². The summed E-state index contributed by atoms with van der Waals surface area (Å²) in [5, 5.41) is 0. The third kappa shape index (κ3) is 0.486. The highest BCUT2D eigenvalue weighted by Gasteiger charge is 2.09. The molecule has 28 valence electrons. The molecule has 1 fully saturated rings. The molecule has 1 unspecified atom stereocenters. The highest BCUT2D eigenvalue weighted by Crippen LogP contribution is 2.25. The van der Waals surface area contributed by atoms with Crippen molar-refractivity contribution in [1.29, 1.82) is 0 Å². The van der Waals surface area contributed by atoms with E-state index in [0.29, 0.717) is 14.1 Å². The molecule has 1 saturated heterocycles. The van der Waals surface area contributed by atoms with Crippen molar-refractivity contribution in [2.75, 3.05) is 6.16 Å². The van der Waals surface area contributed by atoms with E-state index in [4.69, 9.17) is 0 Å². The van der Waals surface area contributed by atoms with Crippen molar-refractivity contribution in [2.45, 2.75) is 6.42 Å². The lowest BCUT2D eigenvalue weighted by Gasteiger charge is -2.05. The van der Waals surface area contributed by atoms with Crippen molar-refractivity contribution >= 4 is 14.1 Å². The summed E-state index contributed by atoms with van der Waals surface area (Å²) in [6, 6.07) is 0. The SMILES string of the molecule is O=C1CCP1. The molecule has 0 aromatic rings. The van der Waals surface area contributed by atoms with Gasteiger partial charge in [-0.25, -0.2) is 0 Å². The lowest BCUT2D eigenvalue weighted by atomic mass is 10.5. The first kappa shape index (κ1) is 3.30. The minimum atomic E-state index is 0.463. The average molecular weight is 88.0 g/mol. The fraction of sp³-hybridized carbons (Fsp3) is 0.667. The summed E-state index contributed by atoms with van der Waals surface area (Å²) in [6.45, 7) is 0. The van der Waals surface area contributed by atoms with E-state index in [9.17, 15) is 4.79 Å². The van der Waals surface area contributed by atoms with E-state index in [2.05, 4.69) is 0 Å². The standard InChI is InChI=1S/C3H5OP/c4-3-1-2-5-3/h5H,1-2H2. The second kappa shape index (κ2) is 1.06. The third-order valence-electron chi connectivity index (χ3n) is 0.674. The zero-order valence-electron chi connectivity index (χ0n) is 2.82. The molecule has 1 nitrogen and oxygen atoms in total. The summed E-state index contributed by atoms with van der Waals surface area (Å²) in [5.41, 5.74) is 0.463. The van der Waals surface area contributed by atoms with Gasteiger partial charge in [0, 0.05) is 6.42 Å². The lowest BCUT2D eigenvalue weighted by Crippen LogP contribution is -2.01. The molecule has 1 atom stereocenters. The summed E-state index contributed by atoms with van der Waals surface area (Å²) in [7, 11) is 0.656. The molecule has 2 heteroatoms. The molecule has 1 aliphatic rings. The largest absolute Gasteiger partial charge is 0.295 e. The molecular formula is C3H5OP. The van der Waals surface area contributed by atoms with Gasteiger partial charge in [-0.05, 0) is 6.16 Å². The number of hydrogen-bond acceptors (Lipinski definition) is 1. The van der Waals surface area contributed by atoms with E-state index in [0.717, 1.165) is 6.42 Å².